The number of rotatable bonds is 4. The number of aromatic nitrogens is 3. The molecule has 0 bridgehead atoms. The van der Waals surface area contributed by atoms with Crippen molar-refractivity contribution in [1.82, 2.24) is 19.7 Å². The van der Waals surface area contributed by atoms with Crippen molar-refractivity contribution in [1.29, 1.82) is 0 Å². The Morgan fingerprint density at radius 2 is 1.73 bits per heavy atom. The van der Waals surface area contributed by atoms with Crippen LogP contribution in [0.4, 0.5) is 26.3 Å². The number of nitrogens with one attached hydrogen (secondary N) is 1. The molecule has 1 atom stereocenters. The summed E-state index contributed by atoms with van der Waals surface area (Å²) in [7, 11) is 1.65. The number of amides is 1. The molecule has 0 spiro atoms. The van der Waals surface area contributed by atoms with Crippen LogP contribution in [0, 0.1) is 0 Å². The summed E-state index contributed by atoms with van der Waals surface area (Å²) in [5.74, 6) is -0.820. The van der Waals surface area contributed by atoms with Crippen LogP contribution in [-0.4, -0.2) is 44.2 Å². The normalized spacial score (nSPS) is 13.6. The maximum Gasteiger partial charge on any atom is 0.416 e. The van der Waals surface area contributed by atoms with E-state index >= 15 is 0 Å². The Morgan fingerprint density at radius 3 is 2.33 bits per heavy atom. The minimum atomic E-state index is -4.86. The zero-order chi connectivity index (χ0) is 24.1. The summed E-state index contributed by atoms with van der Waals surface area (Å²) in [4.78, 5) is 12.3. The molecule has 0 unspecified atom stereocenters. The van der Waals surface area contributed by atoms with Crippen molar-refractivity contribution in [3.05, 3.63) is 59.8 Å². The van der Waals surface area contributed by atoms with Crippen LogP contribution < -0.4 is 5.32 Å². The molecule has 33 heavy (non-hydrogen) atoms. The largest absolute Gasteiger partial charge is 0.416 e. The topological polar surface area (TPSA) is 72.1 Å². The predicted octanol–water partition coefficient (Wildman–Crippen LogP) is 4.19. The van der Waals surface area contributed by atoms with E-state index in [0.29, 0.717) is 27.6 Å². The van der Waals surface area contributed by atoms with E-state index in [4.69, 9.17) is 5.11 Å². The maximum atomic E-state index is 12.9. The summed E-state index contributed by atoms with van der Waals surface area (Å²) in [5.41, 5.74) is 0.622. The van der Waals surface area contributed by atoms with E-state index in [1.54, 1.807) is 17.8 Å². The van der Waals surface area contributed by atoms with Crippen molar-refractivity contribution in [2.24, 2.45) is 7.05 Å². The zero-order valence-corrected chi connectivity index (χ0v) is 16.9. The molecule has 0 saturated carbocycles. The number of hydrogen-bond acceptors (Lipinski definition) is 3. The smallest absolute Gasteiger partial charge is 0.382 e. The van der Waals surface area contributed by atoms with Crippen LogP contribution >= 0.6 is 0 Å². The summed E-state index contributed by atoms with van der Waals surface area (Å²) < 4.78 is 79.3. The standard InChI is InChI=1S/C21H16F6N4O2/c1-30-10-15-14-8-11(19(33)28-9-17(32)21(25,26)27)2-7-16(14)31(18(15)29-30)13-5-3-12(4-6-13)20(22,23)24/h2-8,10,17,32H,9H2,1H3,(H,28,33)/t17-/m0/s1. The molecule has 2 aromatic carbocycles. The Balaban J connectivity index is 1.75. The highest BCUT2D eigenvalue weighted by atomic mass is 19.4. The number of aryl methyl sites for hydroxylation is 1. The fourth-order valence-electron chi connectivity index (χ4n) is 3.50. The van der Waals surface area contributed by atoms with E-state index in [9.17, 15) is 31.1 Å². The number of carbonyl (C=O) groups excluding carboxylic acids is 1. The Labute approximate surface area is 182 Å². The molecule has 2 heterocycles. The highest BCUT2D eigenvalue weighted by Gasteiger charge is 2.38. The molecule has 4 aromatic rings. The Morgan fingerprint density at radius 1 is 1.06 bits per heavy atom. The molecule has 0 aliphatic carbocycles. The molecule has 0 radical (unpaired) electrons. The van der Waals surface area contributed by atoms with Gasteiger partial charge >= 0.3 is 12.4 Å². The Bertz CT molecular complexity index is 1340. The van der Waals surface area contributed by atoms with Crippen LogP contribution in [0.25, 0.3) is 27.6 Å². The molecule has 12 heteroatoms. The number of halogens is 6. The van der Waals surface area contributed by atoms with E-state index in [2.05, 4.69) is 5.10 Å². The number of carbonyl (C=O) groups is 1. The Kier molecular flexibility index (Phi) is 5.35. The van der Waals surface area contributed by atoms with Gasteiger partial charge in [-0.15, -0.1) is 0 Å². The molecule has 2 aromatic heterocycles. The van der Waals surface area contributed by atoms with Crippen molar-refractivity contribution in [3.63, 3.8) is 0 Å². The first-order chi connectivity index (χ1) is 15.4. The van der Waals surface area contributed by atoms with Gasteiger partial charge in [0, 0.05) is 35.3 Å². The highest BCUT2D eigenvalue weighted by molar-refractivity contribution is 6.10. The van der Waals surface area contributed by atoms with Crippen LogP contribution in [0.2, 0.25) is 0 Å². The number of fused-ring (bicyclic) bond motifs is 3. The van der Waals surface area contributed by atoms with Gasteiger partial charge in [-0.25, -0.2) is 0 Å². The van der Waals surface area contributed by atoms with Gasteiger partial charge in [-0.05, 0) is 42.5 Å². The number of hydrogen-bond donors (Lipinski definition) is 2. The van der Waals surface area contributed by atoms with Crippen molar-refractivity contribution >= 4 is 27.8 Å². The highest BCUT2D eigenvalue weighted by Crippen LogP contribution is 2.34. The fraction of sp³-hybridized carbons (Fsp3) is 0.238. The molecular formula is C21H16F6N4O2. The van der Waals surface area contributed by atoms with Crippen LogP contribution in [0.5, 0.6) is 0 Å². The molecule has 174 valence electrons. The third-order valence-corrected chi connectivity index (χ3v) is 5.10. The first-order valence-corrected chi connectivity index (χ1v) is 9.54. The summed E-state index contributed by atoms with van der Waals surface area (Å²) >= 11 is 0. The van der Waals surface area contributed by atoms with Gasteiger partial charge in [0.2, 0.25) is 0 Å². The lowest BCUT2D eigenvalue weighted by atomic mass is 10.1. The number of aliphatic hydroxyl groups is 1. The first kappa shape index (κ1) is 22.6. The van der Waals surface area contributed by atoms with Crippen LogP contribution in [0.1, 0.15) is 15.9 Å². The van der Waals surface area contributed by atoms with E-state index in [1.165, 1.54) is 35.0 Å². The van der Waals surface area contributed by atoms with Gasteiger partial charge in [-0.1, -0.05) is 0 Å². The van der Waals surface area contributed by atoms with Gasteiger partial charge in [-0.2, -0.15) is 31.4 Å². The van der Waals surface area contributed by atoms with Crippen LogP contribution in [-0.2, 0) is 13.2 Å². The van der Waals surface area contributed by atoms with E-state index in [0.717, 1.165) is 12.1 Å². The van der Waals surface area contributed by atoms with Gasteiger partial charge in [0.25, 0.3) is 5.91 Å². The predicted molar refractivity (Wildman–Crippen MR) is 107 cm³/mol. The number of alkyl halides is 6. The number of aliphatic hydroxyl groups excluding tert-OH is 1. The second-order valence-electron chi connectivity index (χ2n) is 7.42. The van der Waals surface area contributed by atoms with Gasteiger partial charge < -0.3 is 10.4 Å². The van der Waals surface area contributed by atoms with Gasteiger partial charge in [0.15, 0.2) is 11.8 Å². The molecule has 0 aliphatic rings. The number of nitrogens with zero attached hydrogens (tertiary/aromatic N) is 3. The summed E-state index contributed by atoms with van der Waals surface area (Å²) in [6, 6.07) is 8.86. The van der Waals surface area contributed by atoms with E-state index < -0.39 is 36.5 Å². The molecule has 2 N–H and O–H groups in total. The first-order valence-electron chi connectivity index (χ1n) is 9.54. The van der Waals surface area contributed by atoms with Crippen LogP contribution in [0.3, 0.4) is 0 Å². The zero-order valence-electron chi connectivity index (χ0n) is 16.9. The van der Waals surface area contributed by atoms with E-state index in [-0.39, 0.29) is 5.56 Å². The molecule has 4 rings (SSSR count). The maximum absolute atomic E-state index is 12.9. The lowest BCUT2D eigenvalue weighted by Crippen LogP contribution is -2.40. The second-order valence-corrected chi connectivity index (χ2v) is 7.42. The molecule has 0 aliphatic heterocycles. The fourth-order valence-corrected chi connectivity index (χ4v) is 3.50. The summed E-state index contributed by atoms with van der Waals surface area (Å²) in [5, 5.41) is 16.6. The van der Waals surface area contributed by atoms with Crippen molar-refractivity contribution < 1.29 is 36.2 Å². The summed E-state index contributed by atoms with van der Waals surface area (Å²) in [6.07, 6.45) is -10.4. The van der Waals surface area contributed by atoms with Crippen molar-refractivity contribution in [2.75, 3.05) is 6.54 Å². The molecular weight excluding hydrogens is 454 g/mol. The van der Waals surface area contributed by atoms with Crippen molar-refractivity contribution in [2.45, 2.75) is 18.5 Å². The monoisotopic (exact) mass is 470 g/mol. The minimum Gasteiger partial charge on any atom is -0.382 e. The SMILES string of the molecule is Cn1cc2c3cc(C(=O)NC[C@H](O)C(F)(F)F)ccc3n(-c3ccc(C(F)(F)F)cc3)c2n1. The lowest BCUT2D eigenvalue weighted by molar-refractivity contribution is -0.201. The average molecular weight is 470 g/mol. The van der Waals surface area contributed by atoms with Gasteiger partial charge in [0.1, 0.15) is 0 Å². The van der Waals surface area contributed by atoms with Gasteiger partial charge in [0.05, 0.1) is 17.6 Å². The molecule has 1 amide bonds. The number of benzene rings is 2. The second kappa shape index (κ2) is 7.80. The third-order valence-electron chi connectivity index (χ3n) is 5.10. The van der Waals surface area contributed by atoms with Crippen LogP contribution in [0.15, 0.2) is 48.7 Å². The average Bonchev–Trinajstić information content (AvgIpc) is 3.24. The third kappa shape index (κ3) is 4.25. The quantitative estimate of drug-likeness (QED) is 0.440. The van der Waals surface area contributed by atoms with Gasteiger partial charge in [-0.3, -0.25) is 14.0 Å². The Hall–Kier alpha value is -3.54. The van der Waals surface area contributed by atoms with E-state index in [1.807, 2.05) is 5.32 Å². The molecule has 0 fully saturated rings. The minimum absolute atomic E-state index is 0.0483. The molecule has 6 nitrogen and oxygen atoms in total. The summed E-state index contributed by atoms with van der Waals surface area (Å²) in [6.45, 7) is -1.00. The molecule has 0 saturated heterocycles. The lowest BCUT2D eigenvalue weighted by Gasteiger charge is -2.15. The van der Waals surface area contributed by atoms with Crippen molar-refractivity contribution in [3.8, 4) is 5.69 Å².